The van der Waals surface area contributed by atoms with Crippen molar-refractivity contribution in [2.45, 2.75) is 12.5 Å². The average Bonchev–Trinajstić information content (AvgIpc) is 2.94. The van der Waals surface area contributed by atoms with Crippen molar-refractivity contribution in [2.24, 2.45) is 0 Å². The van der Waals surface area contributed by atoms with E-state index in [2.05, 4.69) is 10.7 Å². The highest BCUT2D eigenvalue weighted by molar-refractivity contribution is 7.08. The van der Waals surface area contributed by atoms with Gasteiger partial charge >= 0.3 is 0 Å². The van der Waals surface area contributed by atoms with Gasteiger partial charge < -0.3 is 21.3 Å². The summed E-state index contributed by atoms with van der Waals surface area (Å²) in [5.41, 5.74) is 9.73. The molecule has 0 amide bonds. The Morgan fingerprint density at radius 1 is 1.32 bits per heavy atom. The van der Waals surface area contributed by atoms with Crippen molar-refractivity contribution < 1.29 is 10.2 Å². The molecular weight excluding hydrogens is 260 g/mol. The molecule has 0 spiro atoms. The van der Waals surface area contributed by atoms with Crippen molar-refractivity contribution in [3.05, 3.63) is 35.0 Å². The quantitative estimate of drug-likeness (QED) is 0.611. The van der Waals surface area contributed by atoms with E-state index in [0.717, 1.165) is 22.5 Å². The normalized spacial score (nSPS) is 12.3. The summed E-state index contributed by atoms with van der Waals surface area (Å²) in [5.74, 6) is 0. The number of nitrogen functional groups attached to an aromatic ring is 1. The lowest BCUT2D eigenvalue weighted by Crippen LogP contribution is -2.17. The summed E-state index contributed by atoms with van der Waals surface area (Å²) in [6.45, 7) is 0.392. The fourth-order valence-electron chi connectivity index (χ4n) is 1.84. The largest absolute Gasteiger partial charge is 0.399 e. The van der Waals surface area contributed by atoms with E-state index in [4.69, 9.17) is 10.8 Å². The fourth-order valence-corrected chi connectivity index (χ4v) is 2.49. The van der Waals surface area contributed by atoms with Gasteiger partial charge in [-0.2, -0.15) is 11.3 Å². The van der Waals surface area contributed by atoms with E-state index >= 15 is 0 Å². The molecule has 0 fully saturated rings. The van der Waals surface area contributed by atoms with E-state index in [1.165, 1.54) is 0 Å². The summed E-state index contributed by atoms with van der Waals surface area (Å²) < 4.78 is 0. The van der Waals surface area contributed by atoms with Gasteiger partial charge in [-0.25, -0.2) is 0 Å². The number of aliphatic hydroxyl groups excluding tert-OH is 2. The summed E-state index contributed by atoms with van der Waals surface area (Å²) in [5, 5.41) is 25.5. The Morgan fingerprint density at radius 2 is 2.16 bits per heavy atom. The van der Waals surface area contributed by atoms with Crippen LogP contribution in [0.2, 0.25) is 0 Å². The van der Waals surface area contributed by atoms with Crippen molar-refractivity contribution in [3.63, 3.8) is 0 Å². The Morgan fingerprint density at radius 3 is 2.84 bits per heavy atom. The predicted octanol–water partition coefficient (Wildman–Crippen LogP) is 2.15. The molecule has 0 saturated heterocycles. The number of nitrogens with two attached hydrogens (primary N) is 1. The molecule has 1 aromatic carbocycles. The summed E-state index contributed by atoms with van der Waals surface area (Å²) >= 11 is 1.64. The Kier molecular flexibility index (Phi) is 4.79. The van der Waals surface area contributed by atoms with Crippen LogP contribution < -0.4 is 11.1 Å². The molecule has 0 saturated carbocycles. The summed E-state index contributed by atoms with van der Waals surface area (Å²) in [6.07, 6.45) is -0.171. The van der Waals surface area contributed by atoms with Gasteiger partial charge in [-0.15, -0.1) is 0 Å². The van der Waals surface area contributed by atoms with Crippen molar-refractivity contribution in [1.82, 2.24) is 0 Å². The zero-order valence-electron chi connectivity index (χ0n) is 10.5. The van der Waals surface area contributed by atoms with Crippen LogP contribution >= 0.6 is 11.3 Å². The maximum atomic E-state index is 9.32. The van der Waals surface area contributed by atoms with Gasteiger partial charge in [-0.1, -0.05) is 0 Å². The van der Waals surface area contributed by atoms with E-state index in [0.29, 0.717) is 13.0 Å². The third kappa shape index (κ3) is 3.70. The first kappa shape index (κ1) is 13.9. The first-order valence-electron chi connectivity index (χ1n) is 6.15. The van der Waals surface area contributed by atoms with Crippen LogP contribution in [0.4, 0.5) is 11.4 Å². The zero-order chi connectivity index (χ0) is 13.7. The van der Waals surface area contributed by atoms with E-state index in [1.54, 1.807) is 11.3 Å². The minimum atomic E-state index is -0.675. The highest BCUT2D eigenvalue weighted by Crippen LogP contribution is 2.31. The zero-order valence-corrected chi connectivity index (χ0v) is 11.4. The summed E-state index contributed by atoms with van der Waals surface area (Å²) in [4.78, 5) is 0. The van der Waals surface area contributed by atoms with Crippen LogP contribution in [-0.2, 0) is 0 Å². The van der Waals surface area contributed by atoms with Gasteiger partial charge in [0.1, 0.15) is 0 Å². The number of thiophene rings is 1. The first-order chi connectivity index (χ1) is 9.20. The van der Waals surface area contributed by atoms with Crippen LogP contribution in [0.3, 0.4) is 0 Å². The molecule has 0 aliphatic carbocycles. The minimum Gasteiger partial charge on any atom is -0.399 e. The Balaban J connectivity index is 2.12. The molecule has 1 aromatic heterocycles. The second-order valence-electron chi connectivity index (χ2n) is 4.37. The average molecular weight is 278 g/mol. The van der Waals surface area contributed by atoms with Gasteiger partial charge in [0.25, 0.3) is 0 Å². The van der Waals surface area contributed by atoms with E-state index in [1.807, 2.05) is 29.6 Å². The van der Waals surface area contributed by atoms with Crippen molar-refractivity contribution in [2.75, 3.05) is 24.2 Å². The van der Waals surface area contributed by atoms with Crippen LogP contribution in [0, 0.1) is 0 Å². The maximum absolute atomic E-state index is 9.32. The Labute approximate surface area is 116 Å². The molecule has 2 rings (SSSR count). The monoisotopic (exact) mass is 278 g/mol. The Bertz CT molecular complexity index is 514. The molecule has 0 radical (unpaired) electrons. The number of hydrogen-bond acceptors (Lipinski definition) is 5. The van der Waals surface area contributed by atoms with Gasteiger partial charge in [-0.05, 0) is 47.0 Å². The topological polar surface area (TPSA) is 78.5 Å². The van der Waals surface area contributed by atoms with E-state index in [-0.39, 0.29) is 6.61 Å². The second kappa shape index (κ2) is 6.56. The van der Waals surface area contributed by atoms with Gasteiger partial charge in [0, 0.05) is 23.5 Å². The molecule has 0 aliphatic rings. The molecule has 2 aromatic rings. The molecule has 1 heterocycles. The summed E-state index contributed by atoms with van der Waals surface area (Å²) in [6, 6.07) is 7.77. The molecule has 5 heteroatoms. The van der Waals surface area contributed by atoms with Crippen LogP contribution in [-0.4, -0.2) is 29.5 Å². The number of aliphatic hydroxyl groups is 2. The van der Waals surface area contributed by atoms with Crippen LogP contribution in [0.1, 0.15) is 6.42 Å². The SMILES string of the molecule is Nc1ccc(NCCC(O)CO)c(-c2ccsc2)c1. The van der Waals surface area contributed by atoms with Gasteiger partial charge in [0.05, 0.1) is 12.7 Å². The lowest BCUT2D eigenvalue weighted by atomic mass is 10.1. The molecule has 1 atom stereocenters. The molecular formula is C14H18N2O2S. The number of benzene rings is 1. The van der Waals surface area contributed by atoms with Crippen molar-refractivity contribution >= 4 is 22.7 Å². The summed E-state index contributed by atoms with van der Waals surface area (Å²) in [7, 11) is 0. The van der Waals surface area contributed by atoms with Crippen LogP contribution in [0.25, 0.3) is 11.1 Å². The highest BCUT2D eigenvalue weighted by atomic mass is 32.1. The first-order valence-corrected chi connectivity index (χ1v) is 7.10. The number of rotatable bonds is 6. The lowest BCUT2D eigenvalue weighted by molar-refractivity contribution is 0.0911. The predicted molar refractivity (Wildman–Crippen MR) is 80.4 cm³/mol. The molecule has 19 heavy (non-hydrogen) atoms. The van der Waals surface area contributed by atoms with E-state index < -0.39 is 6.10 Å². The molecule has 5 N–H and O–H groups in total. The molecule has 0 bridgehead atoms. The van der Waals surface area contributed by atoms with Gasteiger partial charge in [0.2, 0.25) is 0 Å². The van der Waals surface area contributed by atoms with Crippen LogP contribution in [0.5, 0.6) is 0 Å². The second-order valence-corrected chi connectivity index (χ2v) is 5.15. The molecule has 1 unspecified atom stereocenters. The fraction of sp³-hybridized carbons (Fsp3) is 0.286. The van der Waals surface area contributed by atoms with Crippen molar-refractivity contribution in [1.29, 1.82) is 0 Å². The lowest BCUT2D eigenvalue weighted by Gasteiger charge is -2.13. The van der Waals surface area contributed by atoms with Crippen molar-refractivity contribution in [3.8, 4) is 11.1 Å². The highest BCUT2D eigenvalue weighted by Gasteiger charge is 2.07. The number of hydrogen-bond donors (Lipinski definition) is 4. The third-order valence-electron chi connectivity index (χ3n) is 2.88. The molecule has 4 nitrogen and oxygen atoms in total. The molecule has 0 aliphatic heterocycles. The number of nitrogens with one attached hydrogen (secondary N) is 1. The number of anilines is 2. The standard InChI is InChI=1S/C14H18N2O2S/c15-11-1-2-14(16-5-3-12(18)8-17)13(7-11)10-4-6-19-9-10/h1-2,4,6-7,9,12,16-18H,3,5,8,15H2. The van der Waals surface area contributed by atoms with Gasteiger partial charge in [-0.3, -0.25) is 0 Å². The molecule has 102 valence electrons. The Hall–Kier alpha value is -1.56. The van der Waals surface area contributed by atoms with E-state index in [9.17, 15) is 5.11 Å². The smallest absolute Gasteiger partial charge is 0.0787 e. The maximum Gasteiger partial charge on any atom is 0.0787 e. The van der Waals surface area contributed by atoms with Crippen LogP contribution in [0.15, 0.2) is 35.0 Å². The minimum absolute atomic E-state index is 0.208. The van der Waals surface area contributed by atoms with Gasteiger partial charge in [0.15, 0.2) is 0 Å². The third-order valence-corrected chi connectivity index (χ3v) is 3.56.